The Morgan fingerprint density at radius 1 is 0.862 bits per heavy atom. The minimum Gasteiger partial charge on any atom is -0.454 e. The summed E-state index contributed by atoms with van der Waals surface area (Å²) in [5, 5.41) is 2.23. The Hall–Kier alpha value is -2.74. The van der Waals surface area contributed by atoms with Gasteiger partial charge in [0.15, 0.2) is 5.58 Å². The van der Waals surface area contributed by atoms with Crippen LogP contribution in [0.5, 0.6) is 0 Å². The number of para-hydroxylation sites is 3. The molecule has 0 radical (unpaired) electrons. The zero-order valence-corrected chi connectivity index (χ0v) is 17.5. The van der Waals surface area contributed by atoms with Gasteiger partial charge in [0.1, 0.15) is 5.58 Å². The lowest BCUT2D eigenvalue weighted by atomic mass is 9.71. The normalized spacial score (nSPS) is 18.7. The Labute approximate surface area is 174 Å². The lowest BCUT2D eigenvalue weighted by Crippen LogP contribution is -2.20. The molecule has 2 heteroatoms. The van der Waals surface area contributed by atoms with Crippen molar-refractivity contribution in [3.63, 3.8) is 0 Å². The topological polar surface area (TPSA) is 16.4 Å². The van der Waals surface area contributed by atoms with Crippen molar-refractivity contribution >= 4 is 33.3 Å². The van der Waals surface area contributed by atoms with E-state index in [4.69, 9.17) is 4.42 Å². The van der Waals surface area contributed by atoms with E-state index in [1.807, 2.05) is 6.07 Å². The molecule has 0 bridgehead atoms. The predicted molar refractivity (Wildman–Crippen MR) is 123 cm³/mol. The van der Waals surface area contributed by atoms with Crippen LogP contribution in [0.25, 0.3) is 21.9 Å². The van der Waals surface area contributed by atoms with Crippen LogP contribution in [0.15, 0.2) is 71.1 Å². The van der Waals surface area contributed by atoms with Crippen LogP contribution in [0, 0.1) is 5.41 Å². The number of hydrogen-bond acceptors (Lipinski definition) is 2. The van der Waals surface area contributed by atoms with Gasteiger partial charge in [-0.25, -0.2) is 0 Å². The van der Waals surface area contributed by atoms with Gasteiger partial charge in [0.05, 0.1) is 5.69 Å². The molecule has 3 aromatic carbocycles. The van der Waals surface area contributed by atoms with Gasteiger partial charge >= 0.3 is 0 Å². The summed E-state index contributed by atoms with van der Waals surface area (Å²) in [6.07, 6.45) is 3.92. The van der Waals surface area contributed by atoms with Gasteiger partial charge in [-0.3, -0.25) is 0 Å². The fourth-order valence-electron chi connectivity index (χ4n) is 4.64. The first-order chi connectivity index (χ1) is 14.4. The van der Waals surface area contributed by atoms with Crippen molar-refractivity contribution in [1.82, 2.24) is 0 Å². The first-order valence-electron chi connectivity index (χ1n) is 11.1. The first kappa shape index (κ1) is 17.1. The molecule has 0 aliphatic heterocycles. The molecule has 148 valence electrons. The molecule has 1 aliphatic rings. The second-order valence-electron chi connectivity index (χ2n) is 9.10. The highest BCUT2D eigenvalue weighted by molar-refractivity contribution is 6.10. The number of hydrogen-bond donors (Lipinski definition) is 0. The van der Waals surface area contributed by atoms with E-state index >= 15 is 0 Å². The Balaban J connectivity index is 1.66. The van der Waals surface area contributed by atoms with E-state index in [1.165, 1.54) is 0 Å². The third-order valence-electron chi connectivity index (χ3n) is 6.60. The predicted octanol–water partition coefficient (Wildman–Crippen LogP) is 8.04. The summed E-state index contributed by atoms with van der Waals surface area (Å²) < 4.78 is 15.9. The minimum atomic E-state index is -0.575. The van der Waals surface area contributed by atoms with Crippen molar-refractivity contribution in [3.8, 4) is 0 Å². The molecular formula is C27H29NO. The highest BCUT2D eigenvalue weighted by atomic mass is 16.3. The van der Waals surface area contributed by atoms with Crippen molar-refractivity contribution in [2.75, 3.05) is 11.9 Å². The molecule has 0 unspecified atom stereocenters. The summed E-state index contributed by atoms with van der Waals surface area (Å²) in [5.74, 6) is -0.575. The fraction of sp³-hybridized carbons (Fsp3) is 0.333. The summed E-state index contributed by atoms with van der Waals surface area (Å²) in [6.45, 7) is 4.64. The molecule has 1 heterocycles. The molecule has 4 aromatic rings. The molecule has 0 saturated heterocycles. The molecule has 29 heavy (non-hydrogen) atoms. The Bertz CT molecular complexity index is 1200. The van der Waals surface area contributed by atoms with Gasteiger partial charge in [0.2, 0.25) is 0 Å². The van der Waals surface area contributed by atoms with E-state index in [9.17, 15) is 1.37 Å². The first-order valence-corrected chi connectivity index (χ1v) is 10.6. The lowest BCUT2D eigenvalue weighted by molar-refractivity contribution is 0.224. The summed E-state index contributed by atoms with van der Waals surface area (Å²) in [4.78, 5) is 2.17. The summed E-state index contributed by atoms with van der Waals surface area (Å²) in [5.41, 5.74) is 5.32. The van der Waals surface area contributed by atoms with Gasteiger partial charge in [-0.15, -0.1) is 0 Å². The van der Waals surface area contributed by atoms with Gasteiger partial charge in [-0.1, -0.05) is 62.4 Å². The molecule has 0 spiro atoms. The number of benzene rings is 3. The maximum atomic E-state index is 9.30. The van der Waals surface area contributed by atoms with Gasteiger partial charge in [-0.05, 0) is 60.8 Å². The number of fused-ring (bicyclic) bond motifs is 3. The average Bonchev–Trinajstić information content (AvgIpc) is 3.15. The quantitative estimate of drug-likeness (QED) is 0.355. The maximum Gasteiger partial charge on any atom is 0.159 e. The average molecular weight is 385 g/mol. The van der Waals surface area contributed by atoms with Crippen molar-refractivity contribution in [2.45, 2.75) is 45.4 Å². The lowest BCUT2D eigenvalue weighted by Gasteiger charge is -2.34. The van der Waals surface area contributed by atoms with Crippen LogP contribution in [0.2, 0.25) is 0 Å². The zero-order chi connectivity index (χ0) is 20.9. The Morgan fingerprint density at radius 2 is 1.52 bits per heavy atom. The molecule has 0 N–H and O–H groups in total. The van der Waals surface area contributed by atoms with Gasteiger partial charge in [0.25, 0.3) is 0 Å². The summed E-state index contributed by atoms with van der Waals surface area (Å²) in [7, 11) is 2.08. The molecule has 1 fully saturated rings. The van der Waals surface area contributed by atoms with E-state index in [1.54, 1.807) is 0 Å². The summed E-state index contributed by atoms with van der Waals surface area (Å²) in [6, 6.07) is 23.0. The second kappa shape index (κ2) is 6.95. The number of anilines is 2. The highest BCUT2D eigenvalue weighted by Crippen LogP contribution is 2.46. The molecule has 1 aliphatic carbocycles. The van der Waals surface area contributed by atoms with E-state index in [0.29, 0.717) is 5.41 Å². The second-order valence-corrected chi connectivity index (χ2v) is 9.10. The van der Waals surface area contributed by atoms with Crippen LogP contribution in [0.3, 0.4) is 0 Å². The van der Waals surface area contributed by atoms with Crippen molar-refractivity contribution < 1.29 is 5.79 Å². The molecule has 1 saturated carbocycles. The van der Waals surface area contributed by atoms with Crippen molar-refractivity contribution in [3.05, 3.63) is 72.3 Å². The number of rotatable bonds is 3. The largest absolute Gasteiger partial charge is 0.454 e. The van der Waals surface area contributed by atoms with E-state index in [0.717, 1.165) is 64.6 Å². The van der Waals surface area contributed by atoms with Gasteiger partial charge in [-0.2, -0.15) is 0 Å². The summed E-state index contributed by atoms with van der Waals surface area (Å²) >= 11 is 0. The number of furan rings is 1. The van der Waals surface area contributed by atoms with Crippen molar-refractivity contribution in [2.24, 2.45) is 5.41 Å². The molecule has 5 rings (SSSR count). The highest BCUT2D eigenvalue weighted by Gasteiger charge is 2.29. The van der Waals surface area contributed by atoms with Gasteiger partial charge < -0.3 is 9.32 Å². The minimum absolute atomic E-state index is 0.331. The van der Waals surface area contributed by atoms with E-state index in [-0.39, 0.29) is 0 Å². The monoisotopic (exact) mass is 384 g/mol. The smallest absolute Gasteiger partial charge is 0.159 e. The van der Waals surface area contributed by atoms with Gasteiger partial charge in [0, 0.05) is 24.9 Å². The maximum absolute atomic E-state index is 9.30. The SMILES string of the molecule is [2H]C1(c2cccc3c2oc2c(N(C)c4ccccc4)cccc23)CCC(C)(C)CC1. The number of nitrogens with zero attached hydrogens (tertiary/aromatic N) is 1. The van der Waals surface area contributed by atoms with Crippen LogP contribution in [0.4, 0.5) is 11.4 Å². The van der Waals surface area contributed by atoms with Crippen LogP contribution in [-0.4, -0.2) is 7.05 Å². The molecule has 0 amide bonds. The van der Waals surface area contributed by atoms with Crippen LogP contribution in [-0.2, 0) is 0 Å². The van der Waals surface area contributed by atoms with E-state index in [2.05, 4.69) is 86.5 Å². The molecule has 0 atom stereocenters. The zero-order valence-electron chi connectivity index (χ0n) is 18.5. The third-order valence-corrected chi connectivity index (χ3v) is 6.60. The Morgan fingerprint density at radius 3 is 2.24 bits per heavy atom. The molecule has 1 aromatic heterocycles. The third kappa shape index (κ3) is 3.21. The standard InChI is InChI=1S/C27H29NO/c1-27(2)17-15-19(16-18-27)21-11-7-12-22-23-13-8-14-24(26(23)29-25(21)22)28(3)20-9-5-4-6-10-20/h4-14,19H,15-18H2,1-3H3/i19D. The molecular weight excluding hydrogens is 354 g/mol. The van der Waals surface area contributed by atoms with Crippen LogP contribution >= 0.6 is 0 Å². The van der Waals surface area contributed by atoms with Crippen LogP contribution < -0.4 is 4.90 Å². The fourth-order valence-corrected chi connectivity index (χ4v) is 4.64. The Kier molecular flexibility index (Phi) is 4.11. The van der Waals surface area contributed by atoms with Crippen molar-refractivity contribution in [1.29, 1.82) is 0 Å². The van der Waals surface area contributed by atoms with Crippen LogP contribution in [0.1, 0.15) is 52.4 Å². The van der Waals surface area contributed by atoms with E-state index < -0.39 is 5.89 Å². The molecule has 2 nitrogen and oxygen atoms in total.